The number of rotatable bonds is 7. The Hall–Kier alpha value is -3.66. The van der Waals surface area contributed by atoms with Crippen molar-refractivity contribution in [3.8, 4) is 11.5 Å². The van der Waals surface area contributed by atoms with Crippen LogP contribution in [-0.4, -0.2) is 34.1 Å². The molecular formula is C24H22F2N2O5S. The fourth-order valence-corrected chi connectivity index (χ4v) is 4.92. The van der Waals surface area contributed by atoms with E-state index in [0.29, 0.717) is 17.9 Å². The summed E-state index contributed by atoms with van der Waals surface area (Å²) in [4.78, 5) is 12.7. The van der Waals surface area contributed by atoms with Crippen molar-refractivity contribution in [1.29, 1.82) is 0 Å². The number of fused-ring (bicyclic) bond motifs is 1. The van der Waals surface area contributed by atoms with Crippen LogP contribution in [0.25, 0.3) is 0 Å². The highest BCUT2D eigenvalue weighted by Gasteiger charge is 2.29. The van der Waals surface area contributed by atoms with Gasteiger partial charge in [0.2, 0.25) is 5.91 Å². The van der Waals surface area contributed by atoms with Gasteiger partial charge in [0.05, 0.1) is 16.6 Å². The molecule has 1 N–H and O–H groups in total. The molecule has 0 aliphatic carbocycles. The molecule has 1 aliphatic rings. The van der Waals surface area contributed by atoms with E-state index in [1.165, 1.54) is 54.6 Å². The second-order valence-electron chi connectivity index (χ2n) is 7.63. The van der Waals surface area contributed by atoms with E-state index in [0.717, 1.165) is 16.4 Å². The molecule has 0 aromatic heterocycles. The monoisotopic (exact) mass is 488 g/mol. The Kier molecular flexibility index (Phi) is 6.69. The molecule has 1 heterocycles. The Bertz CT molecular complexity index is 1280. The molecule has 0 spiro atoms. The molecule has 1 atom stereocenters. The smallest absolute Gasteiger partial charge is 0.264 e. The second-order valence-corrected chi connectivity index (χ2v) is 9.50. The van der Waals surface area contributed by atoms with Crippen molar-refractivity contribution < 1.29 is 31.5 Å². The zero-order valence-corrected chi connectivity index (χ0v) is 19.0. The summed E-state index contributed by atoms with van der Waals surface area (Å²) in [6.45, 7) is 1.77. The number of nitrogens with zero attached hydrogens (tertiary/aromatic N) is 1. The van der Waals surface area contributed by atoms with E-state index in [1.807, 2.05) is 0 Å². The molecule has 7 nitrogen and oxygen atoms in total. The number of nitrogens with one attached hydrogen (secondary N) is 1. The van der Waals surface area contributed by atoms with Crippen LogP contribution in [0.3, 0.4) is 0 Å². The molecule has 3 aromatic carbocycles. The van der Waals surface area contributed by atoms with Gasteiger partial charge in [-0.2, -0.15) is 0 Å². The summed E-state index contributed by atoms with van der Waals surface area (Å²) in [5.74, 6) is -0.850. The predicted octanol–water partition coefficient (Wildman–Crippen LogP) is 3.81. The summed E-state index contributed by atoms with van der Waals surface area (Å²) < 4.78 is 65.6. The largest absolute Gasteiger partial charge is 0.486 e. The first-order chi connectivity index (χ1) is 16.2. The lowest BCUT2D eigenvalue weighted by molar-refractivity contribution is -0.120. The van der Waals surface area contributed by atoms with E-state index >= 15 is 0 Å². The normalized spacial score (nSPS) is 13.7. The minimum Gasteiger partial charge on any atom is -0.486 e. The third kappa shape index (κ3) is 5.12. The average molecular weight is 489 g/mol. The SMILES string of the molecule is C[C@@H](NC(=O)CN(c1ccc(F)cc1)S(=O)(=O)c1ccc2c(c1)OCCO2)c1ccc(F)cc1. The summed E-state index contributed by atoms with van der Waals surface area (Å²) >= 11 is 0. The summed E-state index contributed by atoms with van der Waals surface area (Å²) in [6.07, 6.45) is 0. The summed E-state index contributed by atoms with van der Waals surface area (Å²) in [7, 11) is -4.24. The maximum atomic E-state index is 13.5. The van der Waals surface area contributed by atoms with Crippen LogP contribution in [0, 0.1) is 11.6 Å². The van der Waals surface area contributed by atoms with Gasteiger partial charge in [-0.15, -0.1) is 0 Å². The van der Waals surface area contributed by atoms with Crippen molar-refractivity contribution in [2.75, 3.05) is 24.1 Å². The molecule has 0 radical (unpaired) electrons. The van der Waals surface area contributed by atoms with Crippen molar-refractivity contribution in [2.45, 2.75) is 17.9 Å². The molecule has 1 aliphatic heterocycles. The van der Waals surface area contributed by atoms with Crippen molar-refractivity contribution in [3.05, 3.63) is 83.9 Å². The first-order valence-corrected chi connectivity index (χ1v) is 11.9. The number of hydrogen-bond acceptors (Lipinski definition) is 5. The number of carbonyl (C=O) groups is 1. The van der Waals surface area contributed by atoms with Crippen LogP contribution in [0.1, 0.15) is 18.5 Å². The Labute approximate surface area is 196 Å². The van der Waals surface area contributed by atoms with Crippen molar-refractivity contribution in [2.24, 2.45) is 0 Å². The van der Waals surface area contributed by atoms with Gasteiger partial charge in [0.25, 0.3) is 10.0 Å². The molecule has 1 amide bonds. The maximum absolute atomic E-state index is 13.5. The third-order valence-corrected chi connectivity index (χ3v) is 7.02. The minimum absolute atomic E-state index is 0.111. The van der Waals surface area contributed by atoms with Gasteiger partial charge in [-0.25, -0.2) is 17.2 Å². The van der Waals surface area contributed by atoms with E-state index in [-0.39, 0.29) is 22.9 Å². The molecule has 3 aromatic rings. The quantitative estimate of drug-likeness (QED) is 0.547. The van der Waals surface area contributed by atoms with Gasteiger partial charge in [-0.1, -0.05) is 12.1 Å². The first-order valence-electron chi connectivity index (χ1n) is 10.5. The van der Waals surface area contributed by atoms with Gasteiger partial charge in [-0.3, -0.25) is 9.10 Å². The topological polar surface area (TPSA) is 84.9 Å². The average Bonchev–Trinajstić information content (AvgIpc) is 2.83. The molecule has 0 fully saturated rings. The highest BCUT2D eigenvalue weighted by molar-refractivity contribution is 7.92. The van der Waals surface area contributed by atoms with Crippen molar-refractivity contribution in [1.82, 2.24) is 5.32 Å². The zero-order valence-electron chi connectivity index (χ0n) is 18.2. The third-order valence-electron chi connectivity index (χ3n) is 5.25. The van der Waals surface area contributed by atoms with Gasteiger partial charge < -0.3 is 14.8 Å². The highest BCUT2D eigenvalue weighted by Crippen LogP contribution is 2.34. The zero-order chi connectivity index (χ0) is 24.3. The number of amides is 1. The van der Waals surface area contributed by atoms with Gasteiger partial charge in [0.1, 0.15) is 31.4 Å². The van der Waals surface area contributed by atoms with Crippen molar-refractivity contribution in [3.63, 3.8) is 0 Å². The lowest BCUT2D eigenvalue weighted by Gasteiger charge is -2.26. The predicted molar refractivity (Wildman–Crippen MR) is 121 cm³/mol. The molecule has 0 unspecified atom stereocenters. The number of halogens is 2. The number of sulfonamides is 1. The lowest BCUT2D eigenvalue weighted by Crippen LogP contribution is -2.41. The Balaban J connectivity index is 1.62. The van der Waals surface area contributed by atoms with Crippen LogP contribution in [-0.2, 0) is 14.8 Å². The Morgan fingerprint density at radius 1 is 0.941 bits per heavy atom. The van der Waals surface area contributed by atoms with Crippen LogP contribution in [0.5, 0.6) is 11.5 Å². The standard InChI is InChI=1S/C24H22F2N2O5S/c1-16(17-2-4-18(25)5-3-17)27-24(29)15-28(20-8-6-19(26)7-9-20)34(30,31)21-10-11-22-23(14-21)33-13-12-32-22/h2-11,14,16H,12-13,15H2,1H3,(H,27,29)/t16-/m1/s1. The van der Waals surface area contributed by atoms with Gasteiger partial charge in [0.15, 0.2) is 11.5 Å². The van der Waals surface area contributed by atoms with Crippen LogP contribution < -0.4 is 19.1 Å². The summed E-state index contributed by atoms with van der Waals surface area (Å²) in [6, 6.07) is 14.1. The molecule has 178 valence electrons. The molecular weight excluding hydrogens is 466 g/mol. The van der Waals surface area contributed by atoms with Crippen LogP contribution in [0.2, 0.25) is 0 Å². The second kappa shape index (κ2) is 9.68. The molecule has 4 rings (SSSR count). The number of ether oxygens (including phenoxy) is 2. The molecule has 10 heteroatoms. The fraction of sp³-hybridized carbons (Fsp3) is 0.208. The Morgan fingerprint density at radius 3 is 2.18 bits per heavy atom. The molecule has 0 saturated heterocycles. The number of benzene rings is 3. The van der Waals surface area contributed by atoms with E-state index in [4.69, 9.17) is 9.47 Å². The van der Waals surface area contributed by atoms with E-state index in [1.54, 1.807) is 6.92 Å². The first kappa shape index (κ1) is 23.5. The van der Waals surface area contributed by atoms with E-state index in [9.17, 15) is 22.0 Å². The maximum Gasteiger partial charge on any atom is 0.264 e. The molecule has 34 heavy (non-hydrogen) atoms. The Morgan fingerprint density at radius 2 is 1.53 bits per heavy atom. The number of anilines is 1. The number of hydrogen-bond donors (Lipinski definition) is 1. The van der Waals surface area contributed by atoms with Gasteiger partial charge >= 0.3 is 0 Å². The summed E-state index contributed by atoms with van der Waals surface area (Å²) in [5.41, 5.74) is 0.763. The minimum atomic E-state index is -4.24. The van der Waals surface area contributed by atoms with Crippen molar-refractivity contribution >= 4 is 21.6 Å². The van der Waals surface area contributed by atoms with Crippen LogP contribution in [0.4, 0.5) is 14.5 Å². The van der Waals surface area contributed by atoms with Crippen LogP contribution in [0.15, 0.2) is 71.6 Å². The highest BCUT2D eigenvalue weighted by atomic mass is 32.2. The fourth-order valence-electron chi connectivity index (χ4n) is 3.49. The summed E-state index contributed by atoms with van der Waals surface area (Å²) in [5, 5.41) is 2.71. The molecule has 0 saturated carbocycles. The lowest BCUT2D eigenvalue weighted by atomic mass is 10.1. The molecule has 0 bridgehead atoms. The van der Waals surface area contributed by atoms with Crippen LogP contribution >= 0.6 is 0 Å². The van der Waals surface area contributed by atoms with Gasteiger partial charge in [0, 0.05) is 6.07 Å². The van der Waals surface area contributed by atoms with E-state index < -0.39 is 40.2 Å². The van der Waals surface area contributed by atoms with Gasteiger partial charge in [-0.05, 0) is 61.0 Å². The number of carbonyl (C=O) groups excluding carboxylic acids is 1. The van der Waals surface area contributed by atoms with E-state index in [2.05, 4.69) is 5.32 Å².